The van der Waals surface area contributed by atoms with Crippen LogP contribution >= 0.6 is 15.9 Å². The summed E-state index contributed by atoms with van der Waals surface area (Å²) in [5.41, 5.74) is 1.68. The fraction of sp³-hybridized carbons (Fsp3) is 0.364. The summed E-state index contributed by atoms with van der Waals surface area (Å²) in [5, 5.41) is 3.13. The fourth-order valence-corrected chi connectivity index (χ4v) is 4.26. The standard InChI is InChI=1S/C22H23BrN2O4/c1-2-28-20-6-4-3-5-18(20)25-13-14(11-21(25)26)22(27)24-17-9-10-29-19-8-7-15(23)12-16(17)19/h3-8,12,14,17H,2,9-11,13H2,1H3,(H,24,27). The molecule has 0 radical (unpaired) electrons. The van der Waals surface area contributed by atoms with Gasteiger partial charge in [0.2, 0.25) is 11.8 Å². The molecular weight excluding hydrogens is 436 g/mol. The van der Waals surface area contributed by atoms with Gasteiger partial charge in [-0.05, 0) is 37.3 Å². The maximum atomic E-state index is 13.0. The molecule has 0 spiro atoms. The van der Waals surface area contributed by atoms with Crippen molar-refractivity contribution in [1.82, 2.24) is 5.32 Å². The van der Waals surface area contributed by atoms with Gasteiger partial charge in [0.05, 0.1) is 30.9 Å². The number of nitrogens with zero attached hydrogens (tertiary/aromatic N) is 1. The molecule has 2 unspecified atom stereocenters. The number of anilines is 1. The zero-order valence-electron chi connectivity index (χ0n) is 16.2. The average Bonchev–Trinajstić information content (AvgIpc) is 3.11. The predicted octanol–water partition coefficient (Wildman–Crippen LogP) is 3.84. The number of carbonyl (C=O) groups is 2. The quantitative estimate of drug-likeness (QED) is 0.738. The van der Waals surface area contributed by atoms with Gasteiger partial charge < -0.3 is 19.7 Å². The summed E-state index contributed by atoms with van der Waals surface area (Å²) >= 11 is 3.48. The fourth-order valence-electron chi connectivity index (χ4n) is 3.88. The van der Waals surface area contributed by atoms with Gasteiger partial charge in [-0.15, -0.1) is 0 Å². The molecule has 2 amide bonds. The Hall–Kier alpha value is -2.54. The van der Waals surface area contributed by atoms with E-state index < -0.39 is 5.92 Å². The van der Waals surface area contributed by atoms with Crippen molar-refractivity contribution in [2.24, 2.45) is 5.92 Å². The van der Waals surface area contributed by atoms with Crippen LogP contribution in [-0.4, -0.2) is 31.6 Å². The molecule has 152 valence electrons. The number of para-hydroxylation sites is 2. The number of hydrogen-bond acceptors (Lipinski definition) is 4. The molecular formula is C22H23BrN2O4. The first-order valence-electron chi connectivity index (χ1n) is 9.81. The highest BCUT2D eigenvalue weighted by Gasteiger charge is 2.37. The second-order valence-electron chi connectivity index (χ2n) is 7.19. The number of hydrogen-bond donors (Lipinski definition) is 1. The number of amides is 2. The lowest BCUT2D eigenvalue weighted by molar-refractivity contribution is -0.127. The van der Waals surface area contributed by atoms with Crippen LogP contribution in [0, 0.1) is 5.92 Å². The summed E-state index contributed by atoms with van der Waals surface area (Å²) in [5.74, 6) is 0.891. The number of carbonyl (C=O) groups excluding carboxylic acids is 2. The highest BCUT2D eigenvalue weighted by atomic mass is 79.9. The normalized spacial score (nSPS) is 20.8. The SMILES string of the molecule is CCOc1ccccc1N1CC(C(=O)NC2CCOc3ccc(Br)cc32)CC1=O. The lowest BCUT2D eigenvalue weighted by Gasteiger charge is -2.28. The van der Waals surface area contributed by atoms with Crippen LogP contribution in [0.25, 0.3) is 0 Å². The van der Waals surface area contributed by atoms with Crippen molar-refractivity contribution in [2.75, 3.05) is 24.7 Å². The summed E-state index contributed by atoms with van der Waals surface area (Å²) in [4.78, 5) is 27.3. The zero-order valence-corrected chi connectivity index (χ0v) is 17.8. The Kier molecular flexibility index (Phi) is 5.76. The summed E-state index contributed by atoms with van der Waals surface area (Å²) < 4.78 is 12.3. The van der Waals surface area contributed by atoms with E-state index in [0.717, 1.165) is 21.5 Å². The number of benzene rings is 2. The van der Waals surface area contributed by atoms with Crippen LogP contribution in [0.1, 0.15) is 31.4 Å². The molecule has 1 fully saturated rings. The van der Waals surface area contributed by atoms with Gasteiger partial charge in [-0.1, -0.05) is 28.1 Å². The van der Waals surface area contributed by atoms with Gasteiger partial charge in [-0.3, -0.25) is 9.59 Å². The average molecular weight is 459 g/mol. The molecule has 4 rings (SSSR count). The van der Waals surface area contributed by atoms with Gasteiger partial charge in [0.1, 0.15) is 11.5 Å². The van der Waals surface area contributed by atoms with Crippen LogP contribution in [0.3, 0.4) is 0 Å². The Balaban J connectivity index is 1.48. The number of halogens is 1. The lowest BCUT2D eigenvalue weighted by atomic mass is 9.99. The van der Waals surface area contributed by atoms with Crippen LogP contribution in [0.15, 0.2) is 46.9 Å². The van der Waals surface area contributed by atoms with Crippen molar-refractivity contribution in [1.29, 1.82) is 0 Å². The van der Waals surface area contributed by atoms with Crippen LogP contribution in [0.2, 0.25) is 0 Å². The monoisotopic (exact) mass is 458 g/mol. The van der Waals surface area contributed by atoms with E-state index in [1.54, 1.807) is 4.90 Å². The summed E-state index contributed by atoms with van der Waals surface area (Å²) in [6.07, 6.45) is 0.896. The molecule has 29 heavy (non-hydrogen) atoms. The van der Waals surface area contributed by atoms with E-state index in [2.05, 4.69) is 21.2 Å². The maximum absolute atomic E-state index is 13.0. The molecule has 0 aromatic heterocycles. The van der Waals surface area contributed by atoms with E-state index in [-0.39, 0.29) is 24.3 Å². The third-order valence-electron chi connectivity index (χ3n) is 5.28. The Morgan fingerprint density at radius 2 is 2.14 bits per heavy atom. The minimum atomic E-state index is -0.393. The first kappa shape index (κ1) is 19.8. The van der Waals surface area contributed by atoms with E-state index in [4.69, 9.17) is 9.47 Å². The smallest absolute Gasteiger partial charge is 0.227 e. The van der Waals surface area contributed by atoms with Crippen LogP contribution in [0.5, 0.6) is 11.5 Å². The Bertz CT molecular complexity index is 933. The Morgan fingerprint density at radius 3 is 2.97 bits per heavy atom. The van der Waals surface area contributed by atoms with E-state index in [9.17, 15) is 9.59 Å². The molecule has 6 nitrogen and oxygen atoms in total. The van der Waals surface area contributed by atoms with Gasteiger partial charge in [0, 0.05) is 29.4 Å². The van der Waals surface area contributed by atoms with Crippen molar-refractivity contribution >= 4 is 33.4 Å². The van der Waals surface area contributed by atoms with Crippen LogP contribution < -0.4 is 19.7 Å². The minimum Gasteiger partial charge on any atom is -0.493 e. The van der Waals surface area contributed by atoms with Gasteiger partial charge in [-0.25, -0.2) is 0 Å². The third-order valence-corrected chi connectivity index (χ3v) is 5.77. The van der Waals surface area contributed by atoms with Crippen molar-refractivity contribution in [3.8, 4) is 11.5 Å². The van der Waals surface area contributed by atoms with Crippen molar-refractivity contribution in [3.05, 3.63) is 52.5 Å². The molecule has 2 aromatic carbocycles. The molecule has 0 bridgehead atoms. The van der Waals surface area contributed by atoms with Gasteiger partial charge in [0.25, 0.3) is 0 Å². The van der Waals surface area contributed by atoms with E-state index in [1.165, 1.54) is 0 Å². The second-order valence-corrected chi connectivity index (χ2v) is 8.10. The first-order valence-corrected chi connectivity index (χ1v) is 10.6. The van der Waals surface area contributed by atoms with Gasteiger partial charge in [0.15, 0.2) is 0 Å². The highest BCUT2D eigenvalue weighted by molar-refractivity contribution is 9.10. The van der Waals surface area contributed by atoms with Crippen LogP contribution in [-0.2, 0) is 9.59 Å². The molecule has 1 N–H and O–H groups in total. The van der Waals surface area contributed by atoms with E-state index in [0.29, 0.717) is 31.9 Å². The molecule has 2 aliphatic rings. The first-order chi connectivity index (χ1) is 14.1. The van der Waals surface area contributed by atoms with Crippen LogP contribution in [0.4, 0.5) is 5.69 Å². The molecule has 0 aliphatic carbocycles. The number of fused-ring (bicyclic) bond motifs is 1. The van der Waals surface area contributed by atoms with E-state index in [1.807, 2.05) is 49.4 Å². The predicted molar refractivity (Wildman–Crippen MR) is 113 cm³/mol. The number of nitrogens with one attached hydrogen (secondary N) is 1. The lowest BCUT2D eigenvalue weighted by Crippen LogP contribution is -2.37. The minimum absolute atomic E-state index is 0.0626. The Labute approximate surface area is 178 Å². The molecule has 2 aromatic rings. The van der Waals surface area contributed by atoms with E-state index >= 15 is 0 Å². The van der Waals surface area contributed by atoms with Crippen molar-refractivity contribution in [2.45, 2.75) is 25.8 Å². The molecule has 7 heteroatoms. The second kappa shape index (κ2) is 8.45. The molecule has 2 heterocycles. The molecule has 1 saturated heterocycles. The zero-order chi connectivity index (χ0) is 20.4. The molecule has 2 aliphatic heterocycles. The maximum Gasteiger partial charge on any atom is 0.227 e. The topological polar surface area (TPSA) is 67.9 Å². The highest BCUT2D eigenvalue weighted by Crippen LogP contribution is 2.36. The number of ether oxygens (including phenoxy) is 2. The van der Waals surface area contributed by atoms with Crippen molar-refractivity contribution < 1.29 is 19.1 Å². The number of rotatable bonds is 5. The van der Waals surface area contributed by atoms with Gasteiger partial charge in [-0.2, -0.15) is 0 Å². The summed E-state index contributed by atoms with van der Waals surface area (Å²) in [7, 11) is 0. The summed E-state index contributed by atoms with van der Waals surface area (Å²) in [6, 6.07) is 13.1. The third kappa shape index (κ3) is 4.10. The van der Waals surface area contributed by atoms with Crippen molar-refractivity contribution in [3.63, 3.8) is 0 Å². The van der Waals surface area contributed by atoms with Gasteiger partial charge >= 0.3 is 0 Å². The molecule has 2 atom stereocenters. The largest absolute Gasteiger partial charge is 0.493 e. The Morgan fingerprint density at radius 1 is 1.31 bits per heavy atom. The summed E-state index contributed by atoms with van der Waals surface area (Å²) in [6.45, 7) is 3.32. The molecule has 0 saturated carbocycles.